The first-order valence-electron chi connectivity index (χ1n) is 6.12. The van der Waals surface area contributed by atoms with Crippen molar-refractivity contribution in [2.24, 2.45) is 0 Å². The summed E-state index contributed by atoms with van der Waals surface area (Å²) in [4.78, 5) is 0. The van der Waals surface area contributed by atoms with E-state index >= 15 is 0 Å². The first-order valence-corrected chi connectivity index (χ1v) is 6.12. The van der Waals surface area contributed by atoms with Crippen LogP contribution in [0, 0.1) is 32.1 Å². The van der Waals surface area contributed by atoms with E-state index in [0.717, 1.165) is 19.6 Å². The number of rotatable bonds is 3. The molecule has 2 heteroatoms. The smallest absolute Gasteiger partial charge is 0.0622 e. The van der Waals surface area contributed by atoms with Crippen molar-refractivity contribution in [2.75, 3.05) is 13.2 Å². The SMILES string of the molecule is Cc1cc(C)c(C2(CCC#N)COC2)cc1C. The molecule has 1 aliphatic heterocycles. The largest absolute Gasteiger partial charge is 0.379 e. The topological polar surface area (TPSA) is 33.0 Å². The van der Waals surface area contributed by atoms with Gasteiger partial charge in [-0.25, -0.2) is 0 Å². The maximum absolute atomic E-state index is 8.77. The van der Waals surface area contributed by atoms with Gasteiger partial charge in [0.05, 0.1) is 19.3 Å². The summed E-state index contributed by atoms with van der Waals surface area (Å²) in [6.45, 7) is 7.98. The maximum atomic E-state index is 8.77. The summed E-state index contributed by atoms with van der Waals surface area (Å²) >= 11 is 0. The lowest BCUT2D eigenvalue weighted by atomic mass is 9.72. The summed E-state index contributed by atoms with van der Waals surface area (Å²) in [5.74, 6) is 0. The van der Waals surface area contributed by atoms with Crippen LogP contribution in [0.15, 0.2) is 12.1 Å². The lowest BCUT2D eigenvalue weighted by molar-refractivity contribution is -0.0640. The summed E-state index contributed by atoms with van der Waals surface area (Å²) in [6, 6.07) is 6.78. The molecule has 0 amide bonds. The molecular formula is C15H19NO. The molecule has 0 unspecified atom stereocenters. The Bertz CT molecular complexity index is 467. The number of hydrogen-bond donors (Lipinski definition) is 0. The number of benzene rings is 1. The zero-order valence-electron chi connectivity index (χ0n) is 10.8. The fourth-order valence-electron chi connectivity index (χ4n) is 2.61. The zero-order valence-corrected chi connectivity index (χ0v) is 10.8. The van der Waals surface area contributed by atoms with Gasteiger partial charge in [0.15, 0.2) is 0 Å². The van der Waals surface area contributed by atoms with E-state index in [2.05, 4.69) is 39.0 Å². The Morgan fingerprint density at radius 2 is 1.82 bits per heavy atom. The van der Waals surface area contributed by atoms with Crippen molar-refractivity contribution in [2.45, 2.75) is 39.0 Å². The fraction of sp³-hybridized carbons (Fsp3) is 0.533. The maximum Gasteiger partial charge on any atom is 0.0622 e. The van der Waals surface area contributed by atoms with E-state index in [1.807, 2.05) is 0 Å². The Hall–Kier alpha value is -1.33. The number of hydrogen-bond acceptors (Lipinski definition) is 2. The quantitative estimate of drug-likeness (QED) is 0.797. The van der Waals surface area contributed by atoms with Crippen molar-refractivity contribution in [3.63, 3.8) is 0 Å². The van der Waals surface area contributed by atoms with Crippen LogP contribution in [0.1, 0.15) is 35.1 Å². The van der Waals surface area contributed by atoms with Crippen LogP contribution >= 0.6 is 0 Å². The standard InChI is InChI=1S/C15H19NO/c1-11-7-13(3)14(8-12(11)2)15(5-4-6-16)9-17-10-15/h7-8H,4-5,9-10H2,1-3H3. The van der Waals surface area contributed by atoms with E-state index < -0.39 is 0 Å². The second kappa shape index (κ2) is 4.50. The lowest BCUT2D eigenvalue weighted by Crippen LogP contribution is -2.47. The molecule has 1 heterocycles. The van der Waals surface area contributed by atoms with Gasteiger partial charge >= 0.3 is 0 Å². The van der Waals surface area contributed by atoms with Crippen LogP contribution in [0.3, 0.4) is 0 Å². The van der Waals surface area contributed by atoms with Crippen molar-refractivity contribution in [3.8, 4) is 6.07 Å². The highest BCUT2D eigenvalue weighted by molar-refractivity contribution is 5.42. The number of nitrogens with zero attached hydrogens (tertiary/aromatic N) is 1. The van der Waals surface area contributed by atoms with E-state index in [0.29, 0.717) is 6.42 Å². The van der Waals surface area contributed by atoms with Crippen molar-refractivity contribution in [3.05, 3.63) is 34.4 Å². The van der Waals surface area contributed by atoms with E-state index in [1.54, 1.807) is 0 Å². The van der Waals surface area contributed by atoms with Gasteiger partial charge in [0.2, 0.25) is 0 Å². The molecule has 1 fully saturated rings. The van der Waals surface area contributed by atoms with E-state index in [1.165, 1.54) is 22.3 Å². The van der Waals surface area contributed by atoms with Gasteiger partial charge in [0, 0.05) is 11.8 Å². The molecular weight excluding hydrogens is 210 g/mol. The molecule has 0 aromatic heterocycles. The zero-order chi connectivity index (χ0) is 12.5. The molecule has 1 saturated heterocycles. The molecule has 1 aromatic rings. The molecule has 1 aromatic carbocycles. The Morgan fingerprint density at radius 3 is 2.35 bits per heavy atom. The first-order chi connectivity index (χ1) is 8.09. The molecule has 0 bridgehead atoms. The third-order valence-corrected chi connectivity index (χ3v) is 3.88. The van der Waals surface area contributed by atoms with Gasteiger partial charge in [-0.3, -0.25) is 0 Å². The van der Waals surface area contributed by atoms with Crippen LogP contribution in [-0.4, -0.2) is 13.2 Å². The van der Waals surface area contributed by atoms with E-state index in [9.17, 15) is 0 Å². The molecule has 2 nitrogen and oxygen atoms in total. The van der Waals surface area contributed by atoms with Crippen LogP contribution in [0.4, 0.5) is 0 Å². The van der Waals surface area contributed by atoms with Crippen molar-refractivity contribution >= 4 is 0 Å². The van der Waals surface area contributed by atoms with Gasteiger partial charge < -0.3 is 4.74 Å². The molecule has 0 saturated carbocycles. The average molecular weight is 229 g/mol. The van der Waals surface area contributed by atoms with Crippen molar-refractivity contribution in [1.29, 1.82) is 5.26 Å². The Kier molecular flexibility index (Phi) is 3.22. The Labute approximate surface area is 103 Å². The second-order valence-corrected chi connectivity index (χ2v) is 5.18. The van der Waals surface area contributed by atoms with E-state index in [4.69, 9.17) is 10.00 Å². The lowest BCUT2D eigenvalue weighted by Gasteiger charge is -2.43. The third-order valence-electron chi connectivity index (χ3n) is 3.88. The first kappa shape index (κ1) is 12.1. The molecule has 2 rings (SSSR count). The predicted octanol–water partition coefficient (Wildman–Crippen LogP) is 3.18. The highest BCUT2D eigenvalue weighted by atomic mass is 16.5. The molecule has 0 radical (unpaired) electrons. The summed E-state index contributed by atoms with van der Waals surface area (Å²) in [5.41, 5.74) is 5.46. The minimum absolute atomic E-state index is 0.0955. The van der Waals surface area contributed by atoms with Crippen LogP contribution < -0.4 is 0 Å². The highest BCUT2D eigenvalue weighted by Gasteiger charge is 2.40. The number of ether oxygens (including phenoxy) is 1. The van der Waals surface area contributed by atoms with Crippen LogP contribution in [-0.2, 0) is 10.2 Å². The molecule has 90 valence electrons. The number of nitriles is 1. The van der Waals surface area contributed by atoms with Crippen molar-refractivity contribution in [1.82, 2.24) is 0 Å². The van der Waals surface area contributed by atoms with Crippen LogP contribution in [0.2, 0.25) is 0 Å². The molecule has 0 spiro atoms. The predicted molar refractivity (Wildman–Crippen MR) is 68.0 cm³/mol. The molecule has 1 aliphatic rings. The van der Waals surface area contributed by atoms with Gasteiger partial charge in [-0.1, -0.05) is 12.1 Å². The van der Waals surface area contributed by atoms with Gasteiger partial charge in [-0.15, -0.1) is 0 Å². The Morgan fingerprint density at radius 1 is 1.18 bits per heavy atom. The van der Waals surface area contributed by atoms with Crippen molar-refractivity contribution < 1.29 is 4.74 Å². The van der Waals surface area contributed by atoms with E-state index in [-0.39, 0.29) is 5.41 Å². The molecule has 0 aliphatic carbocycles. The second-order valence-electron chi connectivity index (χ2n) is 5.18. The van der Waals surface area contributed by atoms with Crippen LogP contribution in [0.25, 0.3) is 0 Å². The van der Waals surface area contributed by atoms with Crippen LogP contribution in [0.5, 0.6) is 0 Å². The normalized spacial score (nSPS) is 17.3. The van der Waals surface area contributed by atoms with Gasteiger partial charge in [-0.05, 0) is 49.4 Å². The minimum Gasteiger partial charge on any atom is -0.379 e. The van der Waals surface area contributed by atoms with Gasteiger partial charge in [0.1, 0.15) is 0 Å². The molecule has 0 N–H and O–H groups in total. The van der Waals surface area contributed by atoms with Gasteiger partial charge in [-0.2, -0.15) is 5.26 Å². The number of aryl methyl sites for hydroxylation is 3. The summed E-state index contributed by atoms with van der Waals surface area (Å²) in [6.07, 6.45) is 1.52. The molecule has 0 atom stereocenters. The highest BCUT2D eigenvalue weighted by Crippen LogP contribution is 2.39. The third kappa shape index (κ3) is 2.08. The Balaban J connectivity index is 2.38. The average Bonchev–Trinajstić information content (AvgIpc) is 2.23. The molecule has 17 heavy (non-hydrogen) atoms. The summed E-state index contributed by atoms with van der Waals surface area (Å²) in [7, 11) is 0. The minimum atomic E-state index is 0.0955. The summed E-state index contributed by atoms with van der Waals surface area (Å²) < 4.78 is 5.41. The fourth-order valence-corrected chi connectivity index (χ4v) is 2.61. The monoisotopic (exact) mass is 229 g/mol. The van der Waals surface area contributed by atoms with Gasteiger partial charge in [0.25, 0.3) is 0 Å². The summed E-state index contributed by atoms with van der Waals surface area (Å²) in [5, 5.41) is 8.77.